The Bertz CT molecular complexity index is 603. The minimum Gasteiger partial charge on any atom is -0.452 e. The summed E-state index contributed by atoms with van der Waals surface area (Å²) in [5.41, 5.74) is 0. The number of hydrogen-bond acceptors (Lipinski definition) is 6. The molecule has 1 saturated heterocycles. The monoisotopic (exact) mass is 351 g/mol. The Morgan fingerprint density at radius 2 is 1.76 bits per heavy atom. The fraction of sp³-hybridized carbons (Fsp3) is 0.562. The minimum atomic E-state index is -1.17. The number of esters is 1. The van der Waals surface area contributed by atoms with E-state index >= 15 is 0 Å². The highest BCUT2D eigenvalue weighted by Gasteiger charge is 2.47. The van der Waals surface area contributed by atoms with Crippen LogP contribution in [-0.4, -0.2) is 54.3 Å². The lowest BCUT2D eigenvalue weighted by Gasteiger charge is -2.16. The van der Waals surface area contributed by atoms with E-state index in [1.807, 2.05) is 17.5 Å². The van der Waals surface area contributed by atoms with Crippen molar-refractivity contribution < 1.29 is 28.7 Å². The molecule has 0 bridgehead atoms. The first-order chi connectivity index (χ1) is 11.8. The Morgan fingerprint density at radius 1 is 1.20 bits per heavy atom. The summed E-state index contributed by atoms with van der Waals surface area (Å²) in [4.78, 5) is 60.1. The second kappa shape index (κ2) is 7.91. The normalized spacial score (nSPS) is 23.0. The summed E-state index contributed by atoms with van der Waals surface area (Å²) in [7, 11) is 1.34. The van der Waals surface area contributed by atoms with Gasteiger partial charge in [0.05, 0.1) is 18.3 Å². The van der Waals surface area contributed by atoms with Gasteiger partial charge in [0.2, 0.25) is 11.8 Å². The molecule has 0 aromatic rings. The highest BCUT2D eigenvalue weighted by molar-refractivity contribution is 6.05. The number of ether oxygens (including phenoxy) is 1. The number of amides is 5. The van der Waals surface area contributed by atoms with Crippen LogP contribution in [0.3, 0.4) is 0 Å². The first-order valence-electron chi connectivity index (χ1n) is 8.07. The van der Waals surface area contributed by atoms with Gasteiger partial charge < -0.3 is 10.1 Å². The van der Waals surface area contributed by atoms with E-state index in [2.05, 4.69) is 5.32 Å². The number of urea groups is 1. The van der Waals surface area contributed by atoms with Crippen molar-refractivity contribution in [2.45, 2.75) is 32.3 Å². The van der Waals surface area contributed by atoms with Gasteiger partial charge in [0.15, 0.2) is 6.10 Å². The number of likely N-dealkylation sites (tertiary alicyclic amines) is 1. The van der Waals surface area contributed by atoms with E-state index in [1.54, 1.807) is 0 Å². The van der Waals surface area contributed by atoms with E-state index in [0.717, 1.165) is 4.90 Å². The number of rotatable bonds is 5. The average Bonchev–Trinajstić information content (AvgIpc) is 2.84. The zero-order valence-corrected chi connectivity index (χ0v) is 14.1. The maximum absolute atomic E-state index is 12.3. The predicted octanol–water partition coefficient (Wildman–Crippen LogP) is -0.285. The molecule has 3 atom stereocenters. The van der Waals surface area contributed by atoms with Gasteiger partial charge in [0.25, 0.3) is 5.91 Å². The Hall–Kier alpha value is -2.71. The van der Waals surface area contributed by atoms with Crippen LogP contribution in [-0.2, 0) is 23.9 Å². The van der Waals surface area contributed by atoms with Gasteiger partial charge in [-0.15, -0.1) is 0 Å². The summed E-state index contributed by atoms with van der Waals surface area (Å²) in [6.07, 6.45) is 3.47. The number of hydrogen-bond donors (Lipinski definition) is 2. The van der Waals surface area contributed by atoms with Gasteiger partial charge in [0.1, 0.15) is 0 Å². The van der Waals surface area contributed by atoms with Crippen LogP contribution in [0.2, 0.25) is 0 Å². The predicted molar refractivity (Wildman–Crippen MR) is 84.8 cm³/mol. The van der Waals surface area contributed by atoms with E-state index in [9.17, 15) is 24.0 Å². The number of allylic oxidation sites excluding steroid dienone is 2. The lowest BCUT2D eigenvalue weighted by Crippen LogP contribution is -2.43. The fourth-order valence-corrected chi connectivity index (χ4v) is 2.88. The van der Waals surface area contributed by atoms with E-state index in [-0.39, 0.29) is 36.6 Å². The number of nitrogens with zero attached hydrogens (tertiary/aromatic N) is 1. The van der Waals surface area contributed by atoms with Gasteiger partial charge in [-0.25, -0.2) is 4.79 Å². The fourth-order valence-electron chi connectivity index (χ4n) is 2.88. The topological polar surface area (TPSA) is 122 Å². The second-order valence-corrected chi connectivity index (χ2v) is 5.93. The van der Waals surface area contributed by atoms with Crippen LogP contribution in [0.4, 0.5) is 4.79 Å². The van der Waals surface area contributed by atoms with Crippen LogP contribution < -0.4 is 10.6 Å². The third kappa shape index (κ3) is 4.23. The smallest absolute Gasteiger partial charge is 0.321 e. The van der Waals surface area contributed by atoms with Gasteiger partial charge >= 0.3 is 12.0 Å². The molecule has 9 nitrogen and oxygen atoms in total. The number of nitrogens with one attached hydrogen (secondary N) is 2. The van der Waals surface area contributed by atoms with E-state index in [1.165, 1.54) is 14.0 Å². The number of carbonyl (C=O) groups excluding carboxylic acids is 5. The third-order valence-electron chi connectivity index (χ3n) is 4.28. The zero-order valence-electron chi connectivity index (χ0n) is 14.1. The van der Waals surface area contributed by atoms with Gasteiger partial charge in [0, 0.05) is 13.6 Å². The molecule has 25 heavy (non-hydrogen) atoms. The molecule has 0 aromatic heterocycles. The molecule has 5 amide bonds. The van der Waals surface area contributed by atoms with Crippen molar-refractivity contribution in [2.75, 3.05) is 13.6 Å². The lowest BCUT2D eigenvalue weighted by molar-refractivity contribution is -0.155. The van der Waals surface area contributed by atoms with Crippen LogP contribution >= 0.6 is 0 Å². The first kappa shape index (κ1) is 18.6. The first-order valence-corrected chi connectivity index (χ1v) is 8.07. The average molecular weight is 351 g/mol. The molecular weight excluding hydrogens is 330 g/mol. The summed E-state index contributed by atoms with van der Waals surface area (Å²) in [6.45, 7) is 1.25. The zero-order chi connectivity index (χ0) is 18.6. The van der Waals surface area contributed by atoms with Gasteiger partial charge in [-0.3, -0.25) is 29.4 Å². The Labute approximate surface area is 144 Å². The molecule has 1 aliphatic carbocycles. The van der Waals surface area contributed by atoms with Crippen molar-refractivity contribution >= 4 is 29.7 Å². The molecule has 2 aliphatic rings. The molecule has 0 spiro atoms. The molecule has 9 heteroatoms. The summed E-state index contributed by atoms with van der Waals surface area (Å²) in [5.74, 6) is -2.71. The summed E-state index contributed by atoms with van der Waals surface area (Å²) in [5, 5.41) is 4.19. The SMILES string of the molecule is CNC(=O)NC(=O)[C@@H](C)OC(=O)CCN1C(=O)[C@H]2CC=CC[C@@H]2C1=O. The van der Waals surface area contributed by atoms with Crippen LogP contribution in [0, 0.1) is 11.8 Å². The van der Waals surface area contributed by atoms with Gasteiger partial charge in [-0.1, -0.05) is 12.2 Å². The standard InChI is InChI=1S/C16H21N3O6/c1-9(13(21)18-16(24)17-2)25-12(20)7-8-19-14(22)10-5-3-4-6-11(10)15(19)23/h3-4,9-11H,5-8H2,1-2H3,(H2,17,18,21,24)/t9-,10+,11+/m1/s1. The van der Waals surface area contributed by atoms with Gasteiger partial charge in [-0.05, 0) is 19.8 Å². The van der Waals surface area contributed by atoms with Gasteiger partial charge in [-0.2, -0.15) is 0 Å². The molecule has 2 rings (SSSR count). The van der Waals surface area contributed by atoms with Crippen molar-refractivity contribution in [3.63, 3.8) is 0 Å². The summed E-state index contributed by atoms with van der Waals surface area (Å²) in [6, 6.07) is -0.711. The third-order valence-corrected chi connectivity index (χ3v) is 4.28. The van der Waals surface area contributed by atoms with Crippen LogP contribution in [0.25, 0.3) is 0 Å². The molecule has 0 unspecified atom stereocenters. The number of carbonyl (C=O) groups is 5. The Balaban J connectivity index is 1.82. The lowest BCUT2D eigenvalue weighted by atomic mass is 9.85. The van der Waals surface area contributed by atoms with Crippen LogP contribution in [0.1, 0.15) is 26.2 Å². The highest BCUT2D eigenvalue weighted by Crippen LogP contribution is 2.34. The second-order valence-electron chi connectivity index (χ2n) is 5.93. The van der Waals surface area contributed by atoms with Crippen LogP contribution in [0.5, 0.6) is 0 Å². The molecule has 0 radical (unpaired) electrons. The van der Waals surface area contributed by atoms with E-state index in [4.69, 9.17) is 4.74 Å². The van der Waals surface area contributed by atoms with Crippen LogP contribution in [0.15, 0.2) is 12.2 Å². The Morgan fingerprint density at radius 3 is 2.28 bits per heavy atom. The largest absolute Gasteiger partial charge is 0.452 e. The summed E-state index contributed by atoms with van der Waals surface area (Å²) < 4.78 is 4.91. The maximum atomic E-state index is 12.3. The number of imide groups is 2. The molecule has 0 saturated carbocycles. The quantitative estimate of drug-likeness (QED) is 0.399. The van der Waals surface area contributed by atoms with E-state index in [0.29, 0.717) is 12.8 Å². The van der Waals surface area contributed by atoms with Crippen molar-refractivity contribution in [3.8, 4) is 0 Å². The highest BCUT2D eigenvalue weighted by atomic mass is 16.5. The molecule has 136 valence electrons. The minimum absolute atomic E-state index is 0.0761. The van der Waals surface area contributed by atoms with Crippen molar-refractivity contribution in [2.24, 2.45) is 11.8 Å². The van der Waals surface area contributed by atoms with E-state index < -0.39 is 24.0 Å². The molecule has 1 fully saturated rings. The maximum Gasteiger partial charge on any atom is 0.321 e. The molecule has 0 aromatic carbocycles. The number of fused-ring (bicyclic) bond motifs is 1. The Kier molecular flexibility index (Phi) is 5.89. The van der Waals surface area contributed by atoms with Crippen molar-refractivity contribution in [3.05, 3.63) is 12.2 Å². The molecule has 2 N–H and O–H groups in total. The molecule has 1 aliphatic heterocycles. The van der Waals surface area contributed by atoms with Crippen molar-refractivity contribution in [1.82, 2.24) is 15.5 Å². The summed E-state index contributed by atoms with van der Waals surface area (Å²) >= 11 is 0. The molecule has 1 heterocycles. The molecular formula is C16H21N3O6. The van der Waals surface area contributed by atoms with Crippen molar-refractivity contribution in [1.29, 1.82) is 0 Å².